The standard InChI is InChI=1S/C19H17Cl2FN4O/c20-16-3-1-12(7-17(16)21)11-27-19-4-2-13(22)8-15(19)18-10-26(25-24-18)14-5-6-23-9-14/h1-4,7-8,10,14,23H,5-6,9,11H2. The van der Waals surface area contributed by atoms with Crippen molar-refractivity contribution in [2.75, 3.05) is 13.1 Å². The molecule has 2 heterocycles. The summed E-state index contributed by atoms with van der Waals surface area (Å²) in [5.74, 6) is 0.169. The van der Waals surface area contributed by atoms with Gasteiger partial charge in [-0.3, -0.25) is 0 Å². The van der Waals surface area contributed by atoms with Crippen molar-refractivity contribution in [1.82, 2.24) is 20.3 Å². The largest absolute Gasteiger partial charge is 0.488 e. The van der Waals surface area contributed by atoms with Crippen LogP contribution < -0.4 is 10.1 Å². The van der Waals surface area contributed by atoms with E-state index >= 15 is 0 Å². The quantitative estimate of drug-likeness (QED) is 0.677. The third-order valence-corrected chi connectivity index (χ3v) is 5.25. The molecule has 0 bridgehead atoms. The first kappa shape index (κ1) is 18.2. The lowest BCUT2D eigenvalue weighted by Crippen LogP contribution is -2.13. The Labute approximate surface area is 166 Å². The van der Waals surface area contributed by atoms with Gasteiger partial charge in [-0.25, -0.2) is 9.07 Å². The van der Waals surface area contributed by atoms with Crippen molar-refractivity contribution in [3.05, 3.63) is 64.0 Å². The summed E-state index contributed by atoms with van der Waals surface area (Å²) in [6.45, 7) is 2.08. The van der Waals surface area contributed by atoms with Gasteiger partial charge in [-0.1, -0.05) is 34.5 Å². The van der Waals surface area contributed by atoms with Crippen LogP contribution in [0.5, 0.6) is 5.75 Å². The molecule has 1 aromatic heterocycles. The van der Waals surface area contributed by atoms with Crippen LogP contribution in [-0.4, -0.2) is 28.1 Å². The number of hydrogen-bond donors (Lipinski definition) is 1. The van der Waals surface area contributed by atoms with Gasteiger partial charge in [0.2, 0.25) is 0 Å². The van der Waals surface area contributed by atoms with Crippen molar-refractivity contribution in [2.24, 2.45) is 0 Å². The fourth-order valence-corrected chi connectivity index (χ4v) is 3.38. The van der Waals surface area contributed by atoms with Gasteiger partial charge in [-0.05, 0) is 48.9 Å². The maximum Gasteiger partial charge on any atom is 0.129 e. The number of rotatable bonds is 5. The molecule has 4 rings (SSSR count). The molecule has 0 amide bonds. The smallest absolute Gasteiger partial charge is 0.129 e. The van der Waals surface area contributed by atoms with Crippen LogP contribution in [-0.2, 0) is 6.61 Å². The molecule has 0 spiro atoms. The highest BCUT2D eigenvalue weighted by Gasteiger charge is 2.19. The van der Waals surface area contributed by atoms with E-state index < -0.39 is 0 Å². The summed E-state index contributed by atoms with van der Waals surface area (Å²) < 4.78 is 21.6. The van der Waals surface area contributed by atoms with Gasteiger partial charge in [0.25, 0.3) is 0 Å². The lowest BCUT2D eigenvalue weighted by Gasteiger charge is -2.11. The number of ether oxygens (including phenoxy) is 1. The molecule has 3 aromatic rings. The van der Waals surface area contributed by atoms with Crippen LogP contribution in [0.25, 0.3) is 11.3 Å². The molecule has 0 aliphatic carbocycles. The molecule has 2 aromatic carbocycles. The second-order valence-corrected chi connectivity index (χ2v) is 7.22. The van der Waals surface area contributed by atoms with Crippen LogP contribution in [0, 0.1) is 5.82 Å². The number of hydrogen-bond acceptors (Lipinski definition) is 4. The second-order valence-electron chi connectivity index (χ2n) is 6.41. The zero-order valence-corrected chi connectivity index (χ0v) is 15.8. The first-order valence-electron chi connectivity index (χ1n) is 8.59. The molecule has 0 radical (unpaired) electrons. The van der Waals surface area contributed by atoms with Gasteiger partial charge < -0.3 is 10.1 Å². The van der Waals surface area contributed by atoms with Gasteiger partial charge in [0.15, 0.2) is 0 Å². The molecule has 5 nitrogen and oxygen atoms in total. The molecule has 1 saturated heterocycles. The Balaban J connectivity index is 1.57. The van der Waals surface area contributed by atoms with E-state index in [2.05, 4.69) is 15.6 Å². The highest BCUT2D eigenvalue weighted by Crippen LogP contribution is 2.31. The number of nitrogens with zero attached hydrogens (tertiary/aromatic N) is 3. The van der Waals surface area contributed by atoms with Crippen molar-refractivity contribution >= 4 is 23.2 Å². The maximum atomic E-state index is 13.8. The van der Waals surface area contributed by atoms with Crippen molar-refractivity contribution in [3.8, 4) is 17.0 Å². The van der Waals surface area contributed by atoms with Crippen LogP contribution >= 0.6 is 23.2 Å². The monoisotopic (exact) mass is 406 g/mol. The number of nitrogens with one attached hydrogen (secondary N) is 1. The molecule has 8 heteroatoms. The number of aromatic nitrogens is 3. The molecule has 1 aliphatic rings. The van der Waals surface area contributed by atoms with Crippen LogP contribution in [0.4, 0.5) is 4.39 Å². The zero-order chi connectivity index (χ0) is 18.8. The number of benzene rings is 2. The Hall–Kier alpha value is -2.15. The van der Waals surface area contributed by atoms with E-state index in [1.54, 1.807) is 18.2 Å². The SMILES string of the molecule is Fc1ccc(OCc2ccc(Cl)c(Cl)c2)c(-c2cn(C3CCNC3)nn2)c1. The highest BCUT2D eigenvalue weighted by atomic mass is 35.5. The van der Waals surface area contributed by atoms with Crippen molar-refractivity contribution in [1.29, 1.82) is 0 Å². The Morgan fingerprint density at radius 3 is 2.85 bits per heavy atom. The third kappa shape index (κ3) is 4.08. The molecule has 1 N–H and O–H groups in total. The van der Waals surface area contributed by atoms with Crippen LogP contribution in [0.2, 0.25) is 10.0 Å². The average Bonchev–Trinajstić information content (AvgIpc) is 3.35. The van der Waals surface area contributed by atoms with E-state index in [4.69, 9.17) is 27.9 Å². The Bertz CT molecular complexity index is 957. The fraction of sp³-hybridized carbons (Fsp3) is 0.263. The van der Waals surface area contributed by atoms with E-state index in [-0.39, 0.29) is 18.5 Å². The number of halogens is 3. The average molecular weight is 407 g/mol. The Morgan fingerprint density at radius 2 is 2.07 bits per heavy atom. The molecule has 27 heavy (non-hydrogen) atoms. The predicted molar refractivity (Wildman–Crippen MR) is 103 cm³/mol. The molecule has 1 aliphatic heterocycles. The van der Waals surface area contributed by atoms with E-state index in [0.717, 1.165) is 25.1 Å². The Morgan fingerprint density at radius 1 is 1.19 bits per heavy atom. The molecular weight excluding hydrogens is 390 g/mol. The summed E-state index contributed by atoms with van der Waals surface area (Å²) >= 11 is 12.0. The summed E-state index contributed by atoms with van der Waals surface area (Å²) in [4.78, 5) is 0. The van der Waals surface area contributed by atoms with Gasteiger partial charge in [0.1, 0.15) is 23.9 Å². The summed E-state index contributed by atoms with van der Waals surface area (Å²) in [6.07, 6.45) is 2.82. The molecular formula is C19H17Cl2FN4O. The van der Waals surface area contributed by atoms with Crippen LogP contribution in [0.1, 0.15) is 18.0 Å². The molecule has 1 unspecified atom stereocenters. The van der Waals surface area contributed by atoms with E-state index in [1.807, 2.05) is 16.9 Å². The first-order valence-corrected chi connectivity index (χ1v) is 9.35. The molecule has 0 saturated carbocycles. The van der Waals surface area contributed by atoms with Crippen molar-refractivity contribution in [3.63, 3.8) is 0 Å². The van der Waals surface area contributed by atoms with Gasteiger partial charge in [-0.2, -0.15) is 0 Å². The van der Waals surface area contributed by atoms with E-state index in [9.17, 15) is 4.39 Å². The molecule has 1 fully saturated rings. The lowest BCUT2D eigenvalue weighted by molar-refractivity contribution is 0.307. The van der Waals surface area contributed by atoms with Crippen LogP contribution in [0.15, 0.2) is 42.6 Å². The highest BCUT2D eigenvalue weighted by molar-refractivity contribution is 6.42. The van der Waals surface area contributed by atoms with E-state index in [1.165, 1.54) is 12.1 Å². The van der Waals surface area contributed by atoms with Gasteiger partial charge in [0, 0.05) is 12.1 Å². The summed E-state index contributed by atoms with van der Waals surface area (Å²) in [5.41, 5.74) is 2.00. The van der Waals surface area contributed by atoms with Gasteiger partial charge >= 0.3 is 0 Å². The topological polar surface area (TPSA) is 52.0 Å². The lowest BCUT2D eigenvalue weighted by atomic mass is 10.1. The van der Waals surface area contributed by atoms with Crippen LogP contribution in [0.3, 0.4) is 0 Å². The molecule has 1 atom stereocenters. The summed E-state index contributed by atoms with van der Waals surface area (Å²) in [7, 11) is 0. The fourth-order valence-electron chi connectivity index (χ4n) is 3.06. The third-order valence-electron chi connectivity index (χ3n) is 4.51. The normalized spacial score (nSPS) is 16.6. The van der Waals surface area contributed by atoms with Gasteiger partial charge in [0.05, 0.1) is 22.3 Å². The minimum atomic E-state index is -0.357. The first-order chi connectivity index (χ1) is 13.1. The van der Waals surface area contributed by atoms with E-state index in [0.29, 0.717) is 27.1 Å². The predicted octanol–water partition coefficient (Wildman–Crippen LogP) is 4.50. The minimum absolute atomic E-state index is 0.264. The Kier molecular flexibility index (Phi) is 5.29. The second kappa shape index (κ2) is 7.84. The van der Waals surface area contributed by atoms with Gasteiger partial charge in [-0.15, -0.1) is 5.10 Å². The summed E-state index contributed by atoms with van der Waals surface area (Å²) in [6, 6.07) is 9.93. The minimum Gasteiger partial charge on any atom is -0.488 e. The molecule has 140 valence electrons. The maximum absolute atomic E-state index is 13.8. The van der Waals surface area contributed by atoms with Crippen molar-refractivity contribution < 1.29 is 9.13 Å². The summed E-state index contributed by atoms with van der Waals surface area (Å²) in [5, 5.41) is 12.7. The van der Waals surface area contributed by atoms with Crippen molar-refractivity contribution in [2.45, 2.75) is 19.1 Å². The zero-order valence-electron chi connectivity index (χ0n) is 14.3.